The molecule has 0 bridgehead atoms. The molecule has 0 spiro atoms. The maximum atomic E-state index is 12.1. The first kappa shape index (κ1) is 46.3. The largest absolute Gasteiger partial charge is 0.457 e. The van der Waals surface area contributed by atoms with Gasteiger partial charge in [0.15, 0.2) is 0 Å². The van der Waals surface area contributed by atoms with Crippen LogP contribution in [0.3, 0.4) is 0 Å². The van der Waals surface area contributed by atoms with E-state index in [9.17, 15) is 9.90 Å². The average molecular weight is 679 g/mol. The van der Waals surface area contributed by atoms with Crippen LogP contribution in [0.5, 0.6) is 0 Å². The van der Waals surface area contributed by atoms with E-state index in [1.807, 2.05) is 0 Å². The van der Waals surface area contributed by atoms with Gasteiger partial charge >= 0.3 is 5.97 Å². The number of hydrogen-bond donors (Lipinski definition) is 1. The first-order valence-electron chi connectivity index (χ1n) is 19.8. The molecule has 4 heteroatoms. The number of aliphatic hydroxyl groups is 1. The molecule has 0 aromatic rings. The highest BCUT2D eigenvalue weighted by Crippen LogP contribution is 2.11. The third-order valence-corrected chi connectivity index (χ3v) is 7.90. The van der Waals surface area contributed by atoms with Gasteiger partial charge in [-0.05, 0) is 89.9 Å². The maximum absolute atomic E-state index is 12.1. The highest BCUT2D eigenvalue weighted by molar-refractivity contribution is 5.69. The summed E-state index contributed by atoms with van der Waals surface area (Å²) in [6.07, 6.45) is 58.9. The van der Waals surface area contributed by atoms with Crippen molar-refractivity contribution in [2.75, 3.05) is 19.8 Å². The van der Waals surface area contributed by atoms with Crippen LogP contribution in [0, 0.1) is 0 Å². The van der Waals surface area contributed by atoms with Crippen molar-refractivity contribution in [1.29, 1.82) is 0 Å². The number of rotatable bonds is 35. The summed E-state index contributed by atoms with van der Waals surface area (Å²) in [6, 6.07) is 0. The second kappa shape index (κ2) is 41.5. The number of allylic oxidation sites excluding steroid dienone is 16. The van der Waals surface area contributed by atoms with Crippen LogP contribution in [0.4, 0.5) is 0 Å². The maximum Gasteiger partial charge on any atom is 0.306 e. The van der Waals surface area contributed by atoms with Crippen LogP contribution < -0.4 is 0 Å². The van der Waals surface area contributed by atoms with Gasteiger partial charge in [0.2, 0.25) is 0 Å². The zero-order valence-electron chi connectivity index (χ0n) is 31.7. The normalized spacial score (nSPS) is 13.4. The van der Waals surface area contributed by atoms with Gasteiger partial charge in [-0.25, -0.2) is 0 Å². The van der Waals surface area contributed by atoms with Crippen molar-refractivity contribution in [3.05, 3.63) is 97.2 Å². The first-order valence-corrected chi connectivity index (χ1v) is 19.8. The lowest BCUT2D eigenvalue weighted by Crippen LogP contribution is -2.27. The molecule has 1 N–H and O–H groups in total. The molecule has 0 saturated carbocycles. The highest BCUT2D eigenvalue weighted by Gasteiger charge is 2.13. The Morgan fingerprint density at radius 2 is 0.857 bits per heavy atom. The summed E-state index contributed by atoms with van der Waals surface area (Å²) in [5, 5.41) is 9.57. The number of esters is 1. The number of unbranched alkanes of at least 4 members (excludes halogenated alkanes) is 11. The van der Waals surface area contributed by atoms with Crippen molar-refractivity contribution in [2.24, 2.45) is 0 Å². The Kier molecular flexibility index (Phi) is 39.2. The van der Waals surface area contributed by atoms with Crippen molar-refractivity contribution in [3.8, 4) is 0 Å². The molecule has 0 aromatic heterocycles. The predicted molar refractivity (Wildman–Crippen MR) is 214 cm³/mol. The smallest absolute Gasteiger partial charge is 0.306 e. The zero-order chi connectivity index (χ0) is 35.6. The van der Waals surface area contributed by atoms with Gasteiger partial charge in [-0.15, -0.1) is 0 Å². The lowest BCUT2D eigenvalue weighted by atomic mass is 10.1. The summed E-state index contributed by atoms with van der Waals surface area (Å²) >= 11 is 0. The van der Waals surface area contributed by atoms with E-state index in [-0.39, 0.29) is 19.2 Å². The fraction of sp³-hybridized carbons (Fsp3) is 0.622. The Balaban J connectivity index is 3.54. The van der Waals surface area contributed by atoms with Gasteiger partial charge in [-0.3, -0.25) is 4.79 Å². The highest BCUT2D eigenvalue weighted by atomic mass is 16.6. The Hall–Kier alpha value is -2.69. The van der Waals surface area contributed by atoms with Crippen LogP contribution in [0.15, 0.2) is 97.2 Å². The summed E-state index contributed by atoms with van der Waals surface area (Å²) in [4.78, 5) is 12.1. The van der Waals surface area contributed by atoms with E-state index in [4.69, 9.17) is 9.47 Å². The number of hydrogen-bond acceptors (Lipinski definition) is 4. The minimum Gasteiger partial charge on any atom is -0.457 e. The van der Waals surface area contributed by atoms with Crippen molar-refractivity contribution >= 4 is 5.97 Å². The summed E-state index contributed by atoms with van der Waals surface area (Å²) < 4.78 is 11.1. The second-order valence-electron chi connectivity index (χ2n) is 12.6. The fourth-order valence-electron chi connectivity index (χ4n) is 5.01. The van der Waals surface area contributed by atoms with E-state index >= 15 is 0 Å². The Labute approximate surface area is 302 Å². The third-order valence-electron chi connectivity index (χ3n) is 7.90. The molecule has 0 heterocycles. The third kappa shape index (κ3) is 39.6. The molecule has 0 saturated heterocycles. The van der Waals surface area contributed by atoms with Crippen molar-refractivity contribution < 1.29 is 19.4 Å². The van der Waals surface area contributed by atoms with Gasteiger partial charge in [0.05, 0.1) is 13.2 Å². The van der Waals surface area contributed by atoms with Crippen LogP contribution >= 0.6 is 0 Å². The van der Waals surface area contributed by atoms with E-state index < -0.39 is 6.10 Å². The van der Waals surface area contributed by atoms with Crippen molar-refractivity contribution in [3.63, 3.8) is 0 Å². The van der Waals surface area contributed by atoms with Gasteiger partial charge in [0.1, 0.15) is 6.10 Å². The van der Waals surface area contributed by atoms with Gasteiger partial charge in [0.25, 0.3) is 0 Å². The Morgan fingerprint density at radius 3 is 1.29 bits per heavy atom. The molecule has 0 aliphatic heterocycles. The quantitative estimate of drug-likeness (QED) is 0.0412. The lowest BCUT2D eigenvalue weighted by Gasteiger charge is -2.15. The van der Waals surface area contributed by atoms with E-state index in [0.29, 0.717) is 13.0 Å². The average Bonchev–Trinajstić information content (AvgIpc) is 3.11. The standard InChI is InChI=1S/C45H74O4/c1-3-5-7-9-11-13-15-17-19-20-21-22-23-24-25-27-29-31-33-35-37-39-41-48-43-44(42-46)49-45(47)40-38-36-34-32-30-28-26-18-16-14-12-10-8-6-4-2/h5-8,11-14,17-19,21-22,26,30,32,44,46H,3-4,9-10,15-16,20,23-25,27-29,31,33-43H2,1-2H3/b7-5-,8-6-,13-11-,14-12-,19-17-,22-21-,26-18-,32-30-. The molecule has 0 radical (unpaired) electrons. The molecule has 49 heavy (non-hydrogen) atoms. The number of carbonyl (C=O) groups is 1. The zero-order valence-corrected chi connectivity index (χ0v) is 31.7. The molecule has 0 rings (SSSR count). The predicted octanol–water partition coefficient (Wildman–Crippen LogP) is 13.0. The topological polar surface area (TPSA) is 55.8 Å². The van der Waals surface area contributed by atoms with Crippen LogP contribution in [0.1, 0.15) is 155 Å². The van der Waals surface area contributed by atoms with Crippen molar-refractivity contribution in [1.82, 2.24) is 0 Å². The van der Waals surface area contributed by atoms with Crippen LogP contribution in [0.25, 0.3) is 0 Å². The summed E-state index contributed by atoms with van der Waals surface area (Å²) in [5.41, 5.74) is 0. The van der Waals surface area contributed by atoms with Crippen LogP contribution in [-0.2, 0) is 14.3 Å². The monoisotopic (exact) mass is 679 g/mol. The minimum absolute atomic E-state index is 0.197. The summed E-state index contributed by atoms with van der Waals surface area (Å²) in [5.74, 6) is -0.248. The molecular weight excluding hydrogens is 604 g/mol. The molecule has 0 fully saturated rings. The number of aliphatic hydroxyl groups excluding tert-OH is 1. The van der Waals surface area contributed by atoms with E-state index in [0.717, 1.165) is 83.5 Å². The minimum atomic E-state index is -0.565. The summed E-state index contributed by atoms with van der Waals surface area (Å²) in [7, 11) is 0. The van der Waals surface area contributed by atoms with Gasteiger partial charge in [-0.1, -0.05) is 156 Å². The molecule has 0 amide bonds. The van der Waals surface area contributed by atoms with Gasteiger partial charge in [0, 0.05) is 13.0 Å². The Bertz CT molecular complexity index is 934. The van der Waals surface area contributed by atoms with Crippen molar-refractivity contribution in [2.45, 2.75) is 161 Å². The molecule has 0 aromatic carbocycles. The van der Waals surface area contributed by atoms with Gasteiger partial charge < -0.3 is 14.6 Å². The molecule has 4 nitrogen and oxygen atoms in total. The summed E-state index contributed by atoms with van der Waals surface area (Å²) in [6.45, 7) is 5.04. The molecular formula is C45H74O4. The second-order valence-corrected chi connectivity index (χ2v) is 12.6. The lowest BCUT2D eigenvalue weighted by molar-refractivity contribution is -0.154. The molecule has 1 unspecified atom stereocenters. The fourth-order valence-corrected chi connectivity index (χ4v) is 5.01. The first-order chi connectivity index (χ1) is 24.2. The number of ether oxygens (including phenoxy) is 2. The molecule has 1 atom stereocenters. The molecule has 0 aliphatic rings. The van der Waals surface area contributed by atoms with Crippen LogP contribution in [0.2, 0.25) is 0 Å². The van der Waals surface area contributed by atoms with E-state index in [1.165, 1.54) is 51.4 Å². The Morgan fingerprint density at radius 1 is 0.490 bits per heavy atom. The van der Waals surface area contributed by atoms with Crippen LogP contribution in [-0.4, -0.2) is 37.0 Å². The van der Waals surface area contributed by atoms with Gasteiger partial charge in [-0.2, -0.15) is 0 Å². The molecule has 0 aliphatic carbocycles. The SMILES string of the molecule is CC/C=C\C/C=C\C/C=C\C/C=C\CCCCCCCCCCCOCC(CO)OC(=O)CCCC/C=C\C/C=C\C/C=C\C/C=C\CC. The molecule has 278 valence electrons. The van der Waals surface area contributed by atoms with E-state index in [2.05, 4.69) is 111 Å². The number of carbonyl (C=O) groups excluding carboxylic acids is 1. The van der Waals surface area contributed by atoms with E-state index in [1.54, 1.807) is 0 Å².